The van der Waals surface area contributed by atoms with Crippen LogP contribution in [0, 0.1) is 13.8 Å². The van der Waals surface area contributed by atoms with Crippen molar-refractivity contribution >= 4 is 5.91 Å². The number of amides is 1. The normalized spacial score (nSPS) is 11.7. The molecule has 0 aliphatic carbocycles. The lowest BCUT2D eigenvalue weighted by Crippen LogP contribution is -2.34. The first-order valence-electron chi connectivity index (χ1n) is 12.1. The van der Waals surface area contributed by atoms with Crippen molar-refractivity contribution in [3.05, 3.63) is 95.2 Å². The zero-order chi connectivity index (χ0) is 25.7. The Kier molecular flexibility index (Phi) is 7.74. The molecule has 6 nitrogen and oxygen atoms in total. The summed E-state index contributed by atoms with van der Waals surface area (Å²) in [6.45, 7) is 6.11. The molecule has 1 amide bonds. The summed E-state index contributed by atoms with van der Waals surface area (Å²) in [5, 5.41) is 8.03. The fourth-order valence-electron chi connectivity index (χ4n) is 4.31. The van der Waals surface area contributed by atoms with E-state index in [1.54, 1.807) is 18.9 Å². The van der Waals surface area contributed by atoms with Gasteiger partial charge in [0.15, 0.2) is 0 Å². The SMILES string of the molecule is COc1ccc(-c2cc(C(=O)NC(C)CCc3ccccc3)n(-c3ccc(C)cc3C)n2)c(OC)c1. The number of carbonyl (C=O) groups is 1. The Morgan fingerprint density at radius 2 is 1.75 bits per heavy atom. The van der Waals surface area contributed by atoms with Gasteiger partial charge in [0.2, 0.25) is 0 Å². The fourth-order valence-corrected chi connectivity index (χ4v) is 4.31. The summed E-state index contributed by atoms with van der Waals surface area (Å²) in [6, 6.07) is 23.8. The van der Waals surface area contributed by atoms with Gasteiger partial charge in [0, 0.05) is 17.7 Å². The molecular formula is C30H33N3O3. The Morgan fingerprint density at radius 1 is 0.972 bits per heavy atom. The molecule has 3 aromatic carbocycles. The van der Waals surface area contributed by atoms with E-state index in [4.69, 9.17) is 14.6 Å². The molecule has 0 aliphatic heterocycles. The average molecular weight is 484 g/mol. The van der Waals surface area contributed by atoms with Gasteiger partial charge in [-0.2, -0.15) is 5.10 Å². The lowest BCUT2D eigenvalue weighted by Gasteiger charge is -2.15. The highest BCUT2D eigenvalue weighted by Gasteiger charge is 2.22. The minimum atomic E-state index is -0.165. The van der Waals surface area contributed by atoms with Gasteiger partial charge in [0.05, 0.1) is 25.6 Å². The van der Waals surface area contributed by atoms with Gasteiger partial charge in [0.1, 0.15) is 17.2 Å². The van der Waals surface area contributed by atoms with Crippen LogP contribution in [0.4, 0.5) is 0 Å². The molecule has 1 atom stereocenters. The first kappa shape index (κ1) is 25.0. The second kappa shape index (κ2) is 11.1. The number of hydrogen-bond donors (Lipinski definition) is 1. The number of rotatable bonds is 9. The molecule has 0 aliphatic rings. The third kappa shape index (κ3) is 5.60. The average Bonchev–Trinajstić information content (AvgIpc) is 3.32. The Bertz CT molecular complexity index is 1350. The van der Waals surface area contributed by atoms with E-state index in [0.29, 0.717) is 22.9 Å². The Balaban J connectivity index is 1.67. The molecule has 4 aromatic rings. The lowest BCUT2D eigenvalue weighted by atomic mass is 10.1. The summed E-state index contributed by atoms with van der Waals surface area (Å²) < 4.78 is 12.7. The molecule has 4 rings (SSSR count). The van der Waals surface area contributed by atoms with Gasteiger partial charge in [-0.15, -0.1) is 0 Å². The predicted molar refractivity (Wildman–Crippen MR) is 143 cm³/mol. The van der Waals surface area contributed by atoms with Crippen LogP contribution in [0.3, 0.4) is 0 Å². The molecule has 1 N–H and O–H groups in total. The molecule has 6 heteroatoms. The van der Waals surface area contributed by atoms with Crippen molar-refractivity contribution in [2.45, 2.75) is 39.7 Å². The highest BCUT2D eigenvalue weighted by Crippen LogP contribution is 2.34. The zero-order valence-corrected chi connectivity index (χ0v) is 21.5. The van der Waals surface area contributed by atoms with E-state index in [1.807, 2.05) is 68.4 Å². The standard InChI is InChI=1S/C30H33N3O3/c1-20-11-16-27(21(2)17-20)33-28(30(34)31-22(3)12-13-23-9-7-6-8-10-23)19-26(32-33)25-15-14-24(35-4)18-29(25)36-5/h6-11,14-19,22H,12-13H2,1-5H3,(H,31,34). The van der Waals surface area contributed by atoms with Crippen LogP contribution in [0.5, 0.6) is 11.5 Å². The molecule has 0 saturated carbocycles. The molecule has 1 unspecified atom stereocenters. The maximum Gasteiger partial charge on any atom is 0.270 e. The summed E-state index contributed by atoms with van der Waals surface area (Å²) in [7, 11) is 3.23. The number of nitrogens with one attached hydrogen (secondary N) is 1. The third-order valence-corrected chi connectivity index (χ3v) is 6.29. The van der Waals surface area contributed by atoms with Gasteiger partial charge in [-0.3, -0.25) is 4.79 Å². The first-order chi connectivity index (χ1) is 17.4. The second-order valence-corrected chi connectivity index (χ2v) is 9.08. The van der Waals surface area contributed by atoms with E-state index in [1.165, 1.54) is 5.56 Å². The van der Waals surface area contributed by atoms with Crippen molar-refractivity contribution in [3.8, 4) is 28.4 Å². The van der Waals surface area contributed by atoms with Gasteiger partial charge < -0.3 is 14.8 Å². The number of hydrogen-bond acceptors (Lipinski definition) is 4. The molecular weight excluding hydrogens is 450 g/mol. The number of aryl methyl sites for hydroxylation is 3. The van der Waals surface area contributed by atoms with Crippen LogP contribution in [-0.2, 0) is 6.42 Å². The number of benzene rings is 3. The quantitative estimate of drug-likeness (QED) is 0.321. The predicted octanol–water partition coefficient (Wildman–Crippen LogP) is 5.92. The van der Waals surface area contributed by atoms with Crippen molar-refractivity contribution in [2.75, 3.05) is 14.2 Å². The van der Waals surface area contributed by atoms with Gasteiger partial charge in [-0.1, -0.05) is 48.0 Å². The largest absolute Gasteiger partial charge is 0.497 e. The molecule has 36 heavy (non-hydrogen) atoms. The van der Waals surface area contributed by atoms with Gasteiger partial charge >= 0.3 is 0 Å². The van der Waals surface area contributed by atoms with E-state index in [2.05, 4.69) is 30.4 Å². The molecule has 0 spiro atoms. The molecule has 1 aromatic heterocycles. The van der Waals surface area contributed by atoms with Gasteiger partial charge in [0.25, 0.3) is 5.91 Å². The lowest BCUT2D eigenvalue weighted by molar-refractivity contribution is 0.0930. The zero-order valence-electron chi connectivity index (χ0n) is 21.5. The molecule has 1 heterocycles. The summed E-state index contributed by atoms with van der Waals surface area (Å²) in [5.74, 6) is 1.15. The van der Waals surface area contributed by atoms with Crippen LogP contribution in [0.1, 0.15) is 40.5 Å². The van der Waals surface area contributed by atoms with Crippen molar-refractivity contribution in [1.29, 1.82) is 0 Å². The fraction of sp³-hybridized carbons (Fsp3) is 0.267. The summed E-state index contributed by atoms with van der Waals surface area (Å²) in [5.41, 5.74) is 6.22. The Hall–Kier alpha value is -4.06. The monoisotopic (exact) mass is 483 g/mol. The van der Waals surface area contributed by atoms with Gasteiger partial charge in [-0.25, -0.2) is 4.68 Å². The molecule has 0 radical (unpaired) electrons. The van der Waals surface area contributed by atoms with Crippen molar-refractivity contribution < 1.29 is 14.3 Å². The molecule has 186 valence electrons. The van der Waals surface area contributed by atoms with Crippen LogP contribution in [0.25, 0.3) is 16.9 Å². The maximum atomic E-state index is 13.5. The minimum Gasteiger partial charge on any atom is -0.497 e. The van der Waals surface area contributed by atoms with E-state index in [-0.39, 0.29) is 11.9 Å². The maximum absolute atomic E-state index is 13.5. The topological polar surface area (TPSA) is 65.4 Å². The summed E-state index contributed by atoms with van der Waals surface area (Å²) in [4.78, 5) is 13.5. The number of carbonyl (C=O) groups excluding carboxylic acids is 1. The molecule has 0 fully saturated rings. The molecule has 0 bridgehead atoms. The molecule has 0 saturated heterocycles. The number of nitrogens with zero attached hydrogens (tertiary/aromatic N) is 2. The van der Waals surface area contributed by atoms with Crippen LogP contribution >= 0.6 is 0 Å². The summed E-state index contributed by atoms with van der Waals surface area (Å²) in [6.07, 6.45) is 1.74. The van der Waals surface area contributed by atoms with Crippen molar-refractivity contribution in [1.82, 2.24) is 15.1 Å². The minimum absolute atomic E-state index is 0.000793. The second-order valence-electron chi connectivity index (χ2n) is 9.08. The van der Waals surface area contributed by atoms with E-state index >= 15 is 0 Å². The van der Waals surface area contributed by atoms with Crippen LogP contribution in [0.2, 0.25) is 0 Å². The Morgan fingerprint density at radius 3 is 2.44 bits per heavy atom. The van der Waals surface area contributed by atoms with Crippen molar-refractivity contribution in [3.63, 3.8) is 0 Å². The van der Waals surface area contributed by atoms with Crippen LogP contribution in [0.15, 0.2) is 72.8 Å². The van der Waals surface area contributed by atoms with Crippen LogP contribution < -0.4 is 14.8 Å². The number of aromatic nitrogens is 2. The number of methoxy groups -OCH3 is 2. The summed E-state index contributed by atoms with van der Waals surface area (Å²) >= 11 is 0. The first-order valence-corrected chi connectivity index (χ1v) is 12.1. The Labute approximate surface area is 212 Å². The smallest absolute Gasteiger partial charge is 0.270 e. The highest BCUT2D eigenvalue weighted by atomic mass is 16.5. The van der Waals surface area contributed by atoms with E-state index in [0.717, 1.165) is 35.2 Å². The van der Waals surface area contributed by atoms with E-state index in [9.17, 15) is 4.79 Å². The number of ether oxygens (including phenoxy) is 2. The highest BCUT2D eigenvalue weighted by molar-refractivity contribution is 5.95. The van der Waals surface area contributed by atoms with Crippen molar-refractivity contribution in [2.24, 2.45) is 0 Å². The van der Waals surface area contributed by atoms with E-state index < -0.39 is 0 Å². The van der Waals surface area contributed by atoms with Gasteiger partial charge in [-0.05, 0) is 69.0 Å². The third-order valence-electron chi connectivity index (χ3n) is 6.29. The van der Waals surface area contributed by atoms with Crippen LogP contribution in [-0.4, -0.2) is 35.9 Å².